The first kappa shape index (κ1) is 14.1. The van der Waals surface area contributed by atoms with Gasteiger partial charge in [0.1, 0.15) is 11.6 Å². The van der Waals surface area contributed by atoms with E-state index in [2.05, 4.69) is 10.3 Å². The van der Waals surface area contributed by atoms with Gasteiger partial charge in [-0.3, -0.25) is 0 Å². The Morgan fingerprint density at radius 3 is 2.36 bits per heavy atom. The van der Waals surface area contributed by atoms with Gasteiger partial charge in [-0.2, -0.15) is 0 Å². The summed E-state index contributed by atoms with van der Waals surface area (Å²) >= 11 is 0. The maximum atomic E-state index is 12.9. The molecule has 0 spiro atoms. The lowest BCUT2D eigenvalue weighted by Gasteiger charge is -2.07. The van der Waals surface area contributed by atoms with Crippen LogP contribution in [0, 0.1) is 19.7 Å². The van der Waals surface area contributed by atoms with Gasteiger partial charge in [-0.1, -0.05) is 0 Å². The lowest BCUT2D eigenvalue weighted by Crippen LogP contribution is -1.92. The molecule has 3 rings (SSSR count). The number of hydrogen-bond donors (Lipinski definition) is 2. The Kier molecular flexibility index (Phi) is 3.55. The first-order valence-electron chi connectivity index (χ1n) is 6.82. The fraction of sp³-hybridized carbons (Fsp3) is 0.118. The minimum atomic E-state index is -0.295. The molecule has 1 heterocycles. The molecule has 0 amide bonds. The van der Waals surface area contributed by atoms with Gasteiger partial charge in [0.25, 0.3) is 6.01 Å². The number of halogens is 1. The zero-order chi connectivity index (χ0) is 15.7. The molecule has 1 aromatic heterocycles. The third-order valence-electron chi connectivity index (χ3n) is 3.38. The van der Waals surface area contributed by atoms with Crippen LogP contribution in [0.1, 0.15) is 11.1 Å². The van der Waals surface area contributed by atoms with Crippen LogP contribution >= 0.6 is 0 Å². The molecule has 0 aliphatic heterocycles. The van der Waals surface area contributed by atoms with Gasteiger partial charge < -0.3 is 14.8 Å². The molecule has 2 N–H and O–H groups in total. The van der Waals surface area contributed by atoms with Crippen LogP contribution < -0.4 is 5.32 Å². The minimum absolute atomic E-state index is 0.282. The molecule has 4 nitrogen and oxygen atoms in total. The molecule has 0 unspecified atom stereocenters. The second-order valence-corrected chi connectivity index (χ2v) is 5.12. The van der Waals surface area contributed by atoms with E-state index in [-0.39, 0.29) is 11.6 Å². The number of phenols is 1. The molecule has 0 bridgehead atoms. The SMILES string of the molecule is Cc1cc(Nc2ncc(-c3ccc(F)cc3)o2)cc(C)c1O. The number of phenolic OH excluding ortho intramolecular Hbond substituents is 1. The van der Waals surface area contributed by atoms with E-state index in [4.69, 9.17) is 4.42 Å². The number of anilines is 2. The average Bonchev–Trinajstić information content (AvgIpc) is 2.94. The second-order valence-electron chi connectivity index (χ2n) is 5.12. The van der Waals surface area contributed by atoms with Crippen molar-refractivity contribution < 1.29 is 13.9 Å². The molecule has 0 saturated carbocycles. The van der Waals surface area contributed by atoms with Crippen LogP contribution in [0.3, 0.4) is 0 Å². The van der Waals surface area contributed by atoms with E-state index in [1.54, 1.807) is 18.3 Å². The average molecular weight is 298 g/mol. The Hall–Kier alpha value is -2.82. The Morgan fingerprint density at radius 2 is 1.73 bits per heavy atom. The number of nitrogens with one attached hydrogen (secondary N) is 1. The van der Waals surface area contributed by atoms with E-state index < -0.39 is 0 Å². The monoisotopic (exact) mass is 298 g/mol. The summed E-state index contributed by atoms with van der Waals surface area (Å²) in [5.41, 5.74) is 3.07. The Bertz CT molecular complexity index is 787. The third-order valence-corrected chi connectivity index (χ3v) is 3.38. The number of oxazole rings is 1. The van der Waals surface area contributed by atoms with Crippen molar-refractivity contribution in [1.82, 2.24) is 4.98 Å². The molecule has 2 aromatic carbocycles. The molecule has 0 saturated heterocycles. The highest BCUT2D eigenvalue weighted by Gasteiger charge is 2.09. The van der Waals surface area contributed by atoms with Crippen LogP contribution in [0.2, 0.25) is 0 Å². The van der Waals surface area contributed by atoms with E-state index >= 15 is 0 Å². The Labute approximate surface area is 127 Å². The largest absolute Gasteiger partial charge is 0.507 e. The van der Waals surface area contributed by atoms with Crippen molar-refractivity contribution >= 4 is 11.7 Å². The van der Waals surface area contributed by atoms with Crippen LogP contribution in [-0.4, -0.2) is 10.1 Å². The summed E-state index contributed by atoms with van der Waals surface area (Å²) in [4.78, 5) is 4.16. The molecule has 0 atom stereocenters. The summed E-state index contributed by atoms with van der Waals surface area (Å²) in [7, 11) is 0. The maximum Gasteiger partial charge on any atom is 0.299 e. The van der Waals surface area contributed by atoms with E-state index in [1.165, 1.54) is 12.1 Å². The van der Waals surface area contributed by atoms with Gasteiger partial charge in [-0.15, -0.1) is 0 Å². The van der Waals surface area contributed by atoms with Gasteiger partial charge >= 0.3 is 0 Å². The minimum Gasteiger partial charge on any atom is -0.507 e. The number of benzene rings is 2. The standard InChI is InChI=1S/C17H15FN2O2/c1-10-7-14(8-11(2)16(10)21)20-17-19-9-15(22-17)12-3-5-13(18)6-4-12/h3-9,21H,1-2H3,(H,19,20). The van der Waals surface area contributed by atoms with Crippen LogP contribution in [0.4, 0.5) is 16.1 Å². The van der Waals surface area contributed by atoms with Crippen LogP contribution in [0.25, 0.3) is 11.3 Å². The summed E-state index contributed by atoms with van der Waals surface area (Å²) in [6, 6.07) is 9.97. The highest BCUT2D eigenvalue weighted by atomic mass is 19.1. The first-order valence-corrected chi connectivity index (χ1v) is 6.82. The molecular weight excluding hydrogens is 283 g/mol. The number of rotatable bonds is 3. The lowest BCUT2D eigenvalue weighted by molar-refractivity contribution is 0.467. The predicted molar refractivity (Wildman–Crippen MR) is 82.8 cm³/mol. The van der Waals surface area contributed by atoms with Gasteiger partial charge in [0.2, 0.25) is 0 Å². The third kappa shape index (κ3) is 2.79. The summed E-state index contributed by atoms with van der Waals surface area (Å²) in [6.45, 7) is 3.65. The molecule has 22 heavy (non-hydrogen) atoms. The van der Waals surface area contributed by atoms with Gasteiger partial charge in [0.05, 0.1) is 6.20 Å². The molecule has 0 aliphatic rings. The van der Waals surface area contributed by atoms with Crippen LogP contribution in [0.15, 0.2) is 47.0 Å². The van der Waals surface area contributed by atoms with Crippen molar-refractivity contribution in [2.45, 2.75) is 13.8 Å². The summed E-state index contributed by atoms with van der Waals surface area (Å²) in [5, 5.41) is 12.8. The Balaban J connectivity index is 1.84. The first-order chi connectivity index (χ1) is 10.5. The molecule has 0 aliphatic carbocycles. The van der Waals surface area contributed by atoms with E-state index in [0.29, 0.717) is 11.8 Å². The lowest BCUT2D eigenvalue weighted by atomic mass is 10.1. The van der Waals surface area contributed by atoms with Gasteiger partial charge in [0, 0.05) is 11.3 Å². The number of nitrogens with zero attached hydrogens (tertiary/aromatic N) is 1. The van der Waals surface area contributed by atoms with Gasteiger partial charge in [-0.05, 0) is 61.4 Å². The van der Waals surface area contributed by atoms with Crippen molar-refractivity contribution in [1.29, 1.82) is 0 Å². The molecular formula is C17H15FN2O2. The van der Waals surface area contributed by atoms with E-state index in [0.717, 1.165) is 22.4 Å². The van der Waals surface area contributed by atoms with Crippen LogP contribution in [-0.2, 0) is 0 Å². The zero-order valence-corrected chi connectivity index (χ0v) is 12.2. The zero-order valence-electron chi connectivity index (χ0n) is 12.2. The molecule has 0 radical (unpaired) electrons. The van der Waals surface area contributed by atoms with E-state index in [9.17, 15) is 9.50 Å². The molecule has 5 heteroatoms. The number of aromatic nitrogens is 1. The summed E-state index contributed by atoms with van der Waals surface area (Å²) in [5.74, 6) is 0.538. The van der Waals surface area contributed by atoms with Crippen molar-refractivity contribution in [2.75, 3.05) is 5.32 Å². The topological polar surface area (TPSA) is 58.3 Å². The predicted octanol–water partition coefficient (Wildman–Crippen LogP) is 4.55. The highest BCUT2D eigenvalue weighted by molar-refractivity contribution is 5.62. The number of aryl methyl sites for hydroxylation is 2. The fourth-order valence-corrected chi connectivity index (χ4v) is 2.23. The highest BCUT2D eigenvalue weighted by Crippen LogP contribution is 2.29. The Morgan fingerprint density at radius 1 is 1.09 bits per heavy atom. The molecule has 3 aromatic rings. The van der Waals surface area contributed by atoms with Crippen molar-refractivity contribution in [3.63, 3.8) is 0 Å². The number of aromatic hydroxyl groups is 1. The summed E-state index contributed by atoms with van der Waals surface area (Å²) in [6.07, 6.45) is 1.58. The smallest absolute Gasteiger partial charge is 0.299 e. The van der Waals surface area contributed by atoms with Gasteiger partial charge in [-0.25, -0.2) is 9.37 Å². The normalized spacial score (nSPS) is 10.7. The molecule has 112 valence electrons. The fourth-order valence-electron chi connectivity index (χ4n) is 2.23. The summed E-state index contributed by atoms with van der Waals surface area (Å²) < 4.78 is 18.5. The maximum absolute atomic E-state index is 12.9. The van der Waals surface area contributed by atoms with Crippen molar-refractivity contribution in [3.8, 4) is 17.1 Å². The number of hydrogen-bond acceptors (Lipinski definition) is 4. The van der Waals surface area contributed by atoms with Crippen molar-refractivity contribution in [2.24, 2.45) is 0 Å². The van der Waals surface area contributed by atoms with E-state index in [1.807, 2.05) is 26.0 Å². The van der Waals surface area contributed by atoms with Crippen LogP contribution in [0.5, 0.6) is 5.75 Å². The molecule has 0 fully saturated rings. The van der Waals surface area contributed by atoms with Gasteiger partial charge in [0.15, 0.2) is 5.76 Å². The second kappa shape index (κ2) is 5.52. The quantitative estimate of drug-likeness (QED) is 0.697. The van der Waals surface area contributed by atoms with Crippen molar-refractivity contribution in [3.05, 3.63) is 59.5 Å².